The molecule has 3 rings (SSSR count). The van der Waals surface area contributed by atoms with Crippen molar-refractivity contribution in [2.24, 2.45) is 17.8 Å². The summed E-state index contributed by atoms with van der Waals surface area (Å²) in [5.74, 6) is 3.79. The molecule has 1 aromatic rings. The minimum absolute atomic E-state index is 0.803. The zero-order valence-electron chi connectivity index (χ0n) is 11.3. The van der Waals surface area contributed by atoms with Crippen molar-refractivity contribution in [3.63, 3.8) is 0 Å². The van der Waals surface area contributed by atoms with Crippen LogP contribution in [0.2, 0.25) is 0 Å². The van der Waals surface area contributed by atoms with Crippen LogP contribution in [-0.4, -0.2) is 21.3 Å². The monoisotopic (exact) mass is 248 g/mol. The second kappa shape index (κ2) is 5.39. The number of aromatic nitrogens is 3. The second-order valence-corrected chi connectivity index (χ2v) is 5.99. The van der Waals surface area contributed by atoms with Crippen LogP contribution in [0, 0.1) is 17.8 Å². The van der Waals surface area contributed by atoms with Crippen molar-refractivity contribution in [3.8, 4) is 0 Å². The predicted octanol–water partition coefficient (Wildman–Crippen LogP) is 2.21. The summed E-state index contributed by atoms with van der Waals surface area (Å²) in [6, 6.07) is 0. The van der Waals surface area contributed by atoms with Crippen molar-refractivity contribution in [2.45, 2.75) is 52.1 Å². The van der Waals surface area contributed by atoms with E-state index in [2.05, 4.69) is 27.0 Å². The average molecular weight is 248 g/mol. The summed E-state index contributed by atoms with van der Waals surface area (Å²) in [5, 5.41) is 7.92. The van der Waals surface area contributed by atoms with Crippen molar-refractivity contribution in [1.82, 2.24) is 20.1 Å². The van der Waals surface area contributed by atoms with E-state index in [9.17, 15) is 0 Å². The maximum atomic E-state index is 4.57. The molecule has 0 saturated heterocycles. The highest BCUT2D eigenvalue weighted by Crippen LogP contribution is 2.48. The van der Waals surface area contributed by atoms with E-state index in [1.807, 2.05) is 6.33 Å². The molecule has 0 radical (unpaired) electrons. The number of nitrogens with one attached hydrogen (secondary N) is 1. The maximum Gasteiger partial charge on any atom is 0.164 e. The Labute approximate surface area is 109 Å². The Bertz CT molecular complexity index is 387. The molecule has 100 valence electrons. The van der Waals surface area contributed by atoms with Crippen LogP contribution in [0.4, 0.5) is 0 Å². The van der Waals surface area contributed by atoms with Gasteiger partial charge < -0.3 is 5.32 Å². The van der Waals surface area contributed by atoms with Gasteiger partial charge in [-0.1, -0.05) is 13.3 Å². The first-order valence-corrected chi connectivity index (χ1v) is 7.44. The molecule has 3 atom stereocenters. The first kappa shape index (κ1) is 12.2. The quantitative estimate of drug-likeness (QED) is 0.785. The van der Waals surface area contributed by atoms with E-state index in [0.717, 1.165) is 49.6 Å². The molecular weight excluding hydrogens is 224 g/mol. The zero-order valence-corrected chi connectivity index (χ0v) is 11.3. The Morgan fingerprint density at radius 3 is 3.06 bits per heavy atom. The second-order valence-electron chi connectivity index (χ2n) is 5.99. The standard InChI is InChI=1S/C14H24N4/c1-2-5-15-8-14-16-10-18(17-14)9-13-7-11-3-4-12(13)6-11/h10-13,15H,2-9H2,1H3. The van der Waals surface area contributed by atoms with Gasteiger partial charge in [-0.3, -0.25) is 4.68 Å². The summed E-state index contributed by atoms with van der Waals surface area (Å²) in [4.78, 5) is 4.38. The fourth-order valence-electron chi connectivity index (χ4n) is 3.72. The van der Waals surface area contributed by atoms with E-state index in [1.54, 1.807) is 0 Å². The Hall–Kier alpha value is -0.900. The van der Waals surface area contributed by atoms with Gasteiger partial charge >= 0.3 is 0 Å². The van der Waals surface area contributed by atoms with Gasteiger partial charge in [0.2, 0.25) is 0 Å². The highest BCUT2D eigenvalue weighted by molar-refractivity contribution is 4.90. The lowest BCUT2D eigenvalue weighted by Gasteiger charge is -2.20. The lowest BCUT2D eigenvalue weighted by molar-refractivity contribution is 0.284. The largest absolute Gasteiger partial charge is 0.310 e. The predicted molar refractivity (Wildman–Crippen MR) is 71.0 cm³/mol. The van der Waals surface area contributed by atoms with Gasteiger partial charge in [-0.25, -0.2) is 4.98 Å². The summed E-state index contributed by atoms with van der Waals surface area (Å²) < 4.78 is 2.06. The van der Waals surface area contributed by atoms with Gasteiger partial charge in [0.25, 0.3) is 0 Å². The van der Waals surface area contributed by atoms with Crippen LogP contribution in [0.3, 0.4) is 0 Å². The number of rotatable bonds is 6. The van der Waals surface area contributed by atoms with Crippen molar-refractivity contribution >= 4 is 0 Å². The lowest BCUT2D eigenvalue weighted by Crippen LogP contribution is -2.18. The zero-order chi connectivity index (χ0) is 12.4. The molecule has 0 aromatic carbocycles. The van der Waals surface area contributed by atoms with Gasteiger partial charge in [0, 0.05) is 6.54 Å². The number of fused-ring (bicyclic) bond motifs is 2. The van der Waals surface area contributed by atoms with Crippen molar-refractivity contribution in [1.29, 1.82) is 0 Å². The van der Waals surface area contributed by atoms with Crippen LogP contribution in [-0.2, 0) is 13.1 Å². The SMILES string of the molecule is CCCNCc1ncn(CC2CC3CCC2C3)n1. The molecule has 2 aliphatic rings. The molecule has 2 aliphatic carbocycles. The topological polar surface area (TPSA) is 42.7 Å². The molecule has 4 nitrogen and oxygen atoms in total. The highest BCUT2D eigenvalue weighted by atomic mass is 15.3. The normalized spacial score (nSPS) is 30.2. The van der Waals surface area contributed by atoms with E-state index < -0.39 is 0 Å². The summed E-state index contributed by atoms with van der Waals surface area (Å²) in [6.45, 7) is 5.11. The Morgan fingerprint density at radius 1 is 1.39 bits per heavy atom. The van der Waals surface area contributed by atoms with Crippen LogP contribution in [0.25, 0.3) is 0 Å². The lowest BCUT2D eigenvalue weighted by atomic mass is 9.89. The van der Waals surface area contributed by atoms with Crippen LogP contribution in [0.15, 0.2) is 6.33 Å². The molecular formula is C14H24N4. The third-order valence-corrected chi connectivity index (χ3v) is 4.60. The van der Waals surface area contributed by atoms with Crippen LogP contribution >= 0.6 is 0 Å². The van der Waals surface area contributed by atoms with Gasteiger partial charge in [0.05, 0.1) is 6.54 Å². The summed E-state index contributed by atoms with van der Waals surface area (Å²) in [5.41, 5.74) is 0. The molecule has 0 aliphatic heterocycles. The Morgan fingerprint density at radius 2 is 2.33 bits per heavy atom. The van der Waals surface area contributed by atoms with Crippen molar-refractivity contribution in [3.05, 3.63) is 12.2 Å². The Kier molecular flexibility index (Phi) is 3.64. The molecule has 2 fully saturated rings. The summed E-state index contributed by atoms with van der Waals surface area (Å²) in [6.07, 6.45) is 8.90. The van der Waals surface area contributed by atoms with Gasteiger partial charge in [0.15, 0.2) is 5.82 Å². The van der Waals surface area contributed by atoms with Gasteiger partial charge in [0.1, 0.15) is 6.33 Å². The molecule has 2 bridgehead atoms. The average Bonchev–Trinajstić information content (AvgIpc) is 3.06. The molecule has 1 heterocycles. The van der Waals surface area contributed by atoms with E-state index in [4.69, 9.17) is 0 Å². The molecule has 1 N–H and O–H groups in total. The van der Waals surface area contributed by atoms with E-state index in [0.29, 0.717) is 0 Å². The molecule has 18 heavy (non-hydrogen) atoms. The molecule has 0 amide bonds. The van der Waals surface area contributed by atoms with E-state index in [1.165, 1.54) is 25.7 Å². The van der Waals surface area contributed by atoms with E-state index >= 15 is 0 Å². The molecule has 2 saturated carbocycles. The van der Waals surface area contributed by atoms with Crippen LogP contribution in [0.1, 0.15) is 44.9 Å². The molecule has 0 spiro atoms. The van der Waals surface area contributed by atoms with E-state index in [-0.39, 0.29) is 0 Å². The number of nitrogens with zero attached hydrogens (tertiary/aromatic N) is 3. The van der Waals surface area contributed by atoms with Gasteiger partial charge in [-0.15, -0.1) is 0 Å². The summed E-state index contributed by atoms with van der Waals surface area (Å²) in [7, 11) is 0. The molecule has 3 unspecified atom stereocenters. The van der Waals surface area contributed by atoms with Crippen molar-refractivity contribution < 1.29 is 0 Å². The maximum absolute atomic E-state index is 4.57. The third-order valence-electron chi connectivity index (χ3n) is 4.60. The third kappa shape index (κ3) is 2.58. The first-order chi connectivity index (χ1) is 8.85. The number of hydrogen-bond acceptors (Lipinski definition) is 3. The van der Waals surface area contributed by atoms with Crippen LogP contribution in [0.5, 0.6) is 0 Å². The fraction of sp³-hybridized carbons (Fsp3) is 0.857. The van der Waals surface area contributed by atoms with Crippen LogP contribution < -0.4 is 5.32 Å². The first-order valence-electron chi connectivity index (χ1n) is 7.44. The number of hydrogen-bond donors (Lipinski definition) is 1. The van der Waals surface area contributed by atoms with Gasteiger partial charge in [-0.05, 0) is 50.0 Å². The Balaban J connectivity index is 1.51. The van der Waals surface area contributed by atoms with Gasteiger partial charge in [-0.2, -0.15) is 5.10 Å². The van der Waals surface area contributed by atoms with Crippen molar-refractivity contribution in [2.75, 3.05) is 6.54 Å². The minimum Gasteiger partial charge on any atom is -0.310 e. The highest BCUT2D eigenvalue weighted by Gasteiger charge is 2.39. The smallest absolute Gasteiger partial charge is 0.164 e. The molecule has 1 aromatic heterocycles. The fourth-order valence-corrected chi connectivity index (χ4v) is 3.72. The summed E-state index contributed by atoms with van der Waals surface area (Å²) >= 11 is 0. The minimum atomic E-state index is 0.803. The molecule has 4 heteroatoms.